The van der Waals surface area contributed by atoms with E-state index in [1.807, 2.05) is 38.1 Å². The van der Waals surface area contributed by atoms with Crippen molar-refractivity contribution < 1.29 is 9.53 Å². The fourth-order valence-corrected chi connectivity index (χ4v) is 2.90. The maximum Gasteiger partial charge on any atom is 0.292 e. The summed E-state index contributed by atoms with van der Waals surface area (Å²) in [5.74, 6) is 0.312. The second-order valence-electron chi connectivity index (χ2n) is 6.48. The van der Waals surface area contributed by atoms with Gasteiger partial charge in [-0.1, -0.05) is 31.5 Å². The number of amides is 1. The molecule has 0 aliphatic carbocycles. The van der Waals surface area contributed by atoms with E-state index >= 15 is 0 Å². The standard InChI is InChI=1S/C22H24N4O3/c1-3-5-14-26-22(28)19-9-7-6-8-18(19)20(25-26)21(27)24-23-15-16-10-12-17(13-11-16)29-4-2/h6-13,15H,3-5,14H2,1-2H3,(H,24,27)/b23-15+. The van der Waals surface area contributed by atoms with Crippen LogP contribution in [0.2, 0.25) is 0 Å². The molecule has 0 unspecified atom stereocenters. The molecule has 1 heterocycles. The largest absolute Gasteiger partial charge is 0.494 e. The average Bonchev–Trinajstić information content (AvgIpc) is 2.75. The van der Waals surface area contributed by atoms with Crippen LogP contribution in [0.5, 0.6) is 5.75 Å². The highest BCUT2D eigenvalue weighted by Crippen LogP contribution is 2.14. The van der Waals surface area contributed by atoms with Gasteiger partial charge in [0, 0.05) is 11.9 Å². The Kier molecular flexibility index (Phi) is 6.73. The zero-order chi connectivity index (χ0) is 20.6. The fourth-order valence-electron chi connectivity index (χ4n) is 2.90. The molecule has 1 amide bonds. The number of nitrogens with one attached hydrogen (secondary N) is 1. The van der Waals surface area contributed by atoms with Gasteiger partial charge in [-0.05, 0) is 49.2 Å². The molecule has 3 rings (SSSR count). The lowest BCUT2D eigenvalue weighted by Gasteiger charge is -2.09. The Morgan fingerprint density at radius 2 is 1.86 bits per heavy atom. The number of benzene rings is 2. The molecule has 0 atom stereocenters. The molecule has 0 aliphatic rings. The molecule has 2 aromatic carbocycles. The number of hydrogen-bond acceptors (Lipinski definition) is 5. The van der Waals surface area contributed by atoms with Crippen LogP contribution in [0.1, 0.15) is 42.7 Å². The monoisotopic (exact) mass is 392 g/mol. The van der Waals surface area contributed by atoms with E-state index < -0.39 is 5.91 Å². The molecule has 1 aromatic heterocycles. The van der Waals surface area contributed by atoms with Crippen LogP contribution >= 0.6 is 0 Å². The second-order valence-corrected chi connectivity index (χ2v) is 6.48. The van der Waals surface area contributed by atoms with Gasteiger partial charge in [-0.15, -0.1) is 0 Å². The first-order valence-electron chi connectivity index (χ1n) is 9.70. The maximum absolute atomic E-state index is 12.7. The van der Waals surface area contributed by atoms with Crippen LogP contribution in [0, 0.1) is 0 Å². The molecule has 0 spiro atoms. The summed E-state index contributed by atoms with van der Waals surface area (Å²) in [4.78, 5) is 25.3. The van der Waals surface area contributed by atoms with E-state index in [9.17, 15) is 9.59 Å². The van der Waals surface area contributed by atoms with Gasteiger partial charge in [-0.3, -0.25) is 9.59 Å². The molecule has 7 heteroatoms. The van der Waals surface area contributed by atoms with E-state index in [1.54, 1.807) is 30.5 Å². The molecule has 29 heavy (non-hydrogen) atoms. The lowest BCUT2D eigenvalue weighted by atomic mass is 10.1. The average molecular weight is 392 g/mol. The number of aryl methyl sites for hydroxylation is 1. The van der Waals surface area contributed by atoms with Gasteiger partial charge in [-0.2, -0.15) is 10.2 Å². The minimum absolute atomic E-state index is 0.181. The number of aromatic nitrogens is 2. The van der Waals surface area contributed by atoms with E-state index in [-0.39, 0.29) is 11.3 Å². The third-order valence-corrected chi connectivity index (χ3v) is 4.38. The lowest BCUT2D eigenvalue weighted by molar-refractivity contribution is 0.0949. The molecule has 1 N–H and O–H groups in total. The highest BCUT2D eigenvalue weighted by molar-refractivity contribution is 6.04. The Morgan fingerprint density at radius 3 is 2.55 bits per heavy atom. The van der Waals surface area contributed by atoms with Crippen LogP contribution in [-0.4, -0.2) is 28.5 Å². The van der Waals surface area contributed by atoms with Gasteiger partial charge >= 0.3 is 0 Å². The van der Waals surface area contributed by atoms with E-state index in [0.29, 0.717) is 23.9 Å². The Labute approximate surface area is 169 Å². The second kappa shape index (κ2) is 9.64. The zero-order valence-corrected chi connectivity index (χ0v) is 16.6. The lowest BCUT2D eigenvalue weighted by Crippen LogP contribution is -2.29. The predicted molar refractivity (Wildman–Crippen MR) is 114 cm³/mol. The number of carbonyl (C=O) groups excluding carboxylic acids is 1. The molecule has 7 nitrogen and oxygen atoms in total. The normalized spacial score (nSPS) is 11.1. The van der Waals surface area contributed by atoms with E-state index in [1.165, 1.54) is 4.68 Å². The van der Waals surface area contributed by atoms with Crippen LogP contribution in [0.4, 0.5) is 0 Å². The minimum Gasteiger partial charge on any atom is -0.494 e. The van der Waals surface area contributed by atoms with Crippen LogP contribution < -0.4 is 15.7 Å². The van der Waals surface area contributed by atoms with Crippen molar-refractivity contribution >= 4 is 22.9 Å². The Bertz CT molecular complexity index is 1070. The molecule has 150 valence electrons. The summed E-state index contributed by atoms with van der Waals surface area (Å²) < 4.78 is 6.76. The van der Waals surface area contributed by atoms with Gasteiger partial charge < -0.3 is 4.74 Å². The third-order valence-electron chi connectivity index (χ3n) is 4.38. The fraction of sp³-hybridized carbons (Fsp3) is 0.273. The predicted octanol–water partition coefficient (Wildman–Crippen LogP) is 3.36. The first-order chi connectivity index (χ1) is 14.1. The highest BCUT2D eigenvalue weighted by Gasteiger charge is 2.16. The van der Waals surface area contributed by atoms with E-state index in [4.69, 9.17) is 4.74 Å². The maximum atomic E-state index is 12.7. The number of fused-ring (bicyclic) bond motifs is 1. The zero-order valence-electron chi connectivity index (χ0n) is 16.6. The van der Waals surface area contributed by atoms with Crippen LogP contribution in [0.15, 0.2) is 58.4 Å². The summed E-state index contributed by atoms with van der Waals surface area (Å²) in [6.45, 7) is 5.03. The molecule has 0 fully saturated rings. The van der Waals surface area contributed by atoms with Gasteiger partial charge in [0.25, 0.3) is 11.5 Å². The van der Waals surface area contributed by atoms with Crippen LogP contribution in [0.3, 0.4) is 0 Å². The van der Waals surface area contributed by atoms with Crippen molar-refractivity contribution in [3.05, 3.63) is 70.1 Å². The SMILES string of the molecule is CCCCn1nc(C(=O)N/N=C/c2ccc(OCC)cc2)c2ccccc2c1=O. The van der Waals surface area contributed by atoms with Crippen molar-refractivity contribution in [2.24, 2.45) is 5.10 Å². The van der Waals surface area contributed by atoms with Gasteiger partial charge in [-0.25, -0.2) is 10.1 Å². The smallest absolute Gasteiger partial charge is 0.292 e. The summed E-state index contributed by atoms with van der Waals surface area (Å²) in [6.07, 6.45) is 3.28. The Morgan fingerprint density at radius 1 is 1.14 bits per heavy atom. The molecule has 0 aliphatic heterocycles. The van der Waals surface area contributed by atoms with Gasteiger partial charge in [0.15, 0.2) is 5.69 Å². The Balaban J connectivity index is 1.82. The summed E-state index contributed by atoms with van der Waals surface area (Å²) >= 11 is 0. The first-order valence-corrected chi connectivity index (χ1v) is 9.70. The van der Waals surface area contributed by atoms with E-state index in [0.717, 1.165) is 24.2 Å². The summed E-state index contributed by atoms with van der Waals surface area (Å²) in [6, 6.07) is 14.4. The molecule has 0 radical (unpaired) electrons. The molecule has 0 bridgehead atoms. The number of hydrazone groups is 1. The summed E-state index contributed by atoms with van der Waals surface area (Å²) in [5.41, 5.74) is 3.31. The molecule has 0 saturated carbocycles. The number of ether oxygens (including phenoxy) is 1. The van der Waals surface area contributed by atoms with Crippen molar-refractivity contribution in [2.75, 3.05) is 6.61 Å². The molecule has 0 saturated heterocycles. The number of nitrogens with zero attached hydrogens (tertiary/aromatic N) is 3. The molecule has 3 aromatic rings. The number of unbranched alkanes of at least 4 members (excludes halogenated alkanes) is 1. The van der Waals surface area contributed by atoms with E-state index in [2.05, 4.69) is 15.6 Å². The van der Waals surface area contributed by atoms with Crippen molar-refractivity contribution in [2.45, 2.75) is 33.2 Å². The summed E-state index contributed by atoms with van der Waals surface area (Å²) in [7, 11) is 0. The van der Waals surface area contributed by atoms with Crippen molar-refractivity contribution in [3.63, 3.8) is 0 Å². The minimum atomic E-state index is -0.464. The number of carbonyl (C=O) groups is 1. The third kappa shape index (κ3) is 4.87. The van der Waals surface area contributed by atoms with Crippen LogP contribution in [0.25, 0.3) is 10.8 Å². The molecular weight excluding hydrogens is 368 g/mol. The van der Waals surface area contributed by atoms with Gasteiger partial charge in [0.2, 0.25) is 0 Å². The molecular formula is C22H24N4O3. The topological polar surface area (TPSA) is 85.6 Å². The summed E-state index contributed by atoms with van der Waals surface area (Å²) in [5, 5.41) is 9.30. The Hall–Kier alpha value is -3.48. The quantitative estimate of drug-likeness (QED) is 0.470. The van der Waals surface area contributed by atoms with Gasteiger partial charge in [0.1, 0.15) is 5.75 Å². The van der Waals surface area contributed by atoms with Gasteiger partial charge in [0.05, 0.1) is 18.2 Å². The van der Waals surface area contributed by atoms with Crippen molar-refractivity contribution in [1.29, 1.82) is 0 Å². The van der Waals surface area contributed by atoms with Crippen molar-refractivity contribution in [1.82, 2.24) is 15.2 Å². The highest BCUT2D eigenvalue weighted by atomic mass is 16.5. The number of hydrogen-bond donors (Lipinski definition) is 1. The van der Waals surface area contributed by atoms with Crippen molar-refractivity contribution in [3.8, 4) is 5.75 Å². The number of rotatable bonds is 8. The van der Waals surface area contributed by atoms with Crippen LogP contribution in [-0.2, 0) is 6.54 Å². The first kappa shape index (κ1) is 20.3.